The van der Waals surface area contributed by atoms with E-state index in [0.717, 1.165) is 10.6 Å². The van der Waals surface area contributed by atoms with E-state index >= 15 is 0 Å². The zero-order valence-electron chi connectivity index (χ0n) is 13.7. The molecule has 0 aliphatic carbocycles. The average Bonchev–Trinajstić information content (AvgIpc) is 2.83. The molecule has 9 heteroatoms. The average molecular weight is 340 g/mol. The lowest BCUT2D eigenvalue weighted by Crippen LogP contribution is -2.44. The summed E-state index contributed by atoms with van der Waals surface area (Å²) in [5, 5.41) is 9.62. The molecular weight excluding hydrogens is 320 g/mol. The number of esters is 1. The molecule has 1 aliphatic rings. The maximum atomic E-state index is 12.2. The maximum Gasteiger partial charge on any atom is 0.336 e. The van der Waals surface area contributed by atoms with Gasteiger partial charge in [0.1, 0.15) is 5.41 Å². The van der Waals surface area contributed by atoms with E-state index in [1.807, 2.05) is 0 Å². The third-order valence-corrected chi connectivity index (χ3v) is 4.36. The van der Waals surface area contributed by atoms with Crippen molar-refractivity contribution in [2.24, 2.45) is 5.41 Å². The normalized spacial score (nSPS) is 29.4. The lowest BCUT2D eigenvalue weighted by Gasteiger charge is -2.29. The molecule has 0 spiro atoms. The van der Waals surface area contributed by atoms with E-state index in [-0.39, 0.29) is 19.4 Å². The quantitative estimate of drug-likeness (QED) is 0.724. The van der Waals surface area contributed by atoms with Crippen molar-refractivity contribution in [3.8, 4) is 0 Å². The second-order valence-electron chi connectivity index (χ2n) is 5.93. The first-order chi connectivity index (χ1) is 11.2. The summed E-state index contributed by atoms with van der Waals surface area (Å²) in [6.07, 6.45) is -0.0341. The van der Waals surface area contributed by atoms with Crippen LogP contribution in [0.1, 0.15) is 33.6 Å². The smallest absolute Gasteiger partial charge is 0.336 e. The number of carboxylic acid groups (broad SMARTS) is 1. The van der Waals surface area contributed by atoms with Crippen LogP contribution in [-0.4, -0.2) is 39.3 Å². The Kier molecular flexibility index (Phi) is 4.66. The summed E-state index contributed by atoms with van der Waals surface area (Å²) in [6, 6.07) is 1.14. The number of nitrogens with one attached hydrogen (secondary N) is 1. The Morgan fingerprint density at radius 2 is 2.12 bits per heavy atom. The molecule has 3 unspecified atom stereocenters. The number of carbonyl (C=O) groups excluding carboxylic acids is 1. The van der Waals surface area contributed by atoms with E-state index in [0.29, 0.717) is 0 Å². The standard InChI is InChI=1S/C15H20N2O7/c1-4-15(17-7-6-9(18)16-13(17)22)8-14(3,12(20)21)10(24-15)11(19)23-5-2/h6-7,10H,4-5,8H2,1-3H3,(H,20,21)(H,16,18,22). The molecule has 0 radical (unpaired) electrons. The van der Waals surface area contributed by atoms with Crippen LogP contribution in [0, 0.1) is 5.41 Å². The second kappa shape index (κ2) is 6.23. The van der Waals surface area contributed by atoms with Crippen molar-refractivity contribution in [2.75, 3.05) is 6.61 Å². The van der Waals surface area contributed by atoms with Gasteiger partial charge in [0.05, 0.1) is 6.61 Å². The van der Waals surface area contributed by atoms with E-state index in [1.54, 1.807) is 13.8 Å². The molecule has 2 rings (SSSR count). The molecule has 0 saturated carbocycles. The number of carboxylic acids is 1. The van der Waals surface area contributed by atoms with E-state index in [4.69, 9.17) is 9.47 Å². The number of hydrogen-bond donors (Lipinski definition) is 2. The SMILES string of the molecule is CCOC(=O)C1OC(CC)(n2ccc(=O)[nH]c2=O)CC1(C)C(=O)O. The van der Waals surface area contributed by atoms with Crippen molar-refractivity contribution in [3.05, 3.63) is 33.1 Å². The number of hydrogen-bond acceptors (Lipinski definition) is 6. The van der Waals surface area contributed by atoms with Gasteiger partial charge in [-0.2, -0.15) is 0 Å². The summed E-state index contributed by atoms with van der Waals surface area (Å²) >= 11 is 0. The van der Waals surface area contributed by atoms with Crippen LogP contribution >= 0.6 is 0 Å². The highest BCUT2D eigenvalue weighted by molar-refractivity contribution is 5.86. The topological polar surface area (TPSA) is 128 Å². The molecule has 1 aliphatic heterocycles. The lowest BCUT2D eigenvalue weighted by atomic mass is 9.79. The van der Waals surface area contributed by atoms with Crippen LogP contribution in [0.25, 0.3) is 0 Å². The Morgan fingerprint density at radius 3 is 2.62 bits per heavy atom. The number of H-pyrrole nitrogens is 1. The third-order valence-electron chi connectivity index (χ3n) is 4.36. The predicted octanol–water partition coefficient (Wildman–Crippen LogP) is 0.0423. The maximum absolute atomic E-state index is 12.2. The van der Waals surface area contributed by atoms with Gasteiger partial charge in [-0.1, -0.05) is 6.92 Å². The number of carbonyl (C=O) groups is 2. The van der Waals surface area contributed by atoms with Crippen LogP contribution in [0.3, 0.4) is 0 Å². The van der Waals surface area contributed by atoms with Gasteiger partial charge in [0.2, 0.25) is 0 Å². The molecule has 24 heavy (non-hydrogen) atoms. The minimum Gasteiger partial charge on any atom is -0.481 e. The van der Waals surface area contributed by atoms with Gasteiger partial charge in [0, 0.05) is 18.7 Å². The third kappa shape index (κ3) is 2.75. The van der Waals surface area contributed by atoms with Gasteiger partial charge in [0.25, 0.3) is 5.56 Å². The second-order valence-corrected chi connectivity index (χ2v) is 5.93. The number of aliphatic carboxylic acids is 1. The van der Waals surface area contributed by atoms with Crippen molar-refractivity contribution in [1.82, 2.24) is 9.55 Å². The van der Waals surface area contributed by atoms with Crippen LogP contribution in [0.15, 0.2) is 21.9 Å². The van der Waals surface area contributed by atoms with Crippen LogP contribution < -0.4 is 11.2 Å². The van der Waals surface area contributed by atoms with Gasteiger partial charge in [0.15, 0.2) is 11.8 Å². The molecule has 0 bridgehead atoms. The van der Waals surface area contributed by atoms with Gasteiger partial charge in [-0.05, 0) is 20.3 Å². The molecular formula is C15H20N2O7. The number of rotatable bonds is 5. The van der Waals surface area contributed by atoms with Crippen LogP contribution in [0.5, 0.6) is 0 Å². The zero-order chi connectivity index (χ0) is 18.1. The molecule has 1 saturated heterocycles. The Labute approximate surface area is 137 Å². The van der Waals surface area contributed by atoms with Gasteiger partial charge in [-0.25, -0.2) is 9.59 Å². The van der Waals surface area contributed by atoms with Crippen LogP contribution in [0.2, 0.25) is 0 Å². The monoisotopic (exact) mass is 340 g/mol. The number of ether oxygens (including phenoxy) is 2. The molecule has 1 aromatic rings. The van der Waals surface area contributed by atoms with E-state index < -0.39 is 40.4 Å². The van der Waals surface area contributed by atoms with E-state index in [9.17, 15) is 24.3 Å². The van der Waals surface area contributed by atoms with E-state index in [1.165, 1.54) is 13.1 Å². The van der Waals surface area contributed by atoms with Crippen molar-refractivity contribution in [2.45, 2.75) is 45.4 Å². The Balaban J connectivity index is 2.57. The van der Waals surface area contributed by atoms with Gasteiger partial charge in [-0.3, -0.25) is 19.1 Å². The number of aromatic amines is 1. The highest BCUT2D eigenvalue weighted by Gasteiger charge is 2.61. The first-order valence-electron chi connectivity index (χ1n) is 7.60. The first-order valence-corrected chi connectivity index (χ1v) is 7.60. The first kappa shape index (κ1) is 17.9. The summed E-state index contributed by atoms with van der Waals surface area (Å²) in [6.45, 7) is 4.76. The summed E-state index contributed by atoms with van der Waals surface area (Å²) < 4.78 is 11.8. The van der Waals surface area contributed by atoms with Crippen molar-refractivity contribution >= 4 is 11.9 Å². The van der Waals surface area contributed by atoms with Crippen molar-refractivity contribution in [1.29, 1.82) is 0 Å². The Hall–Kier alpha value is -2.42. The fourth-order valence-corrected chi connectivity index (χ4v) is 3.03. The Morgan fingerprint density at radius 1 is 1.46 bits per heavy atom. The lowest BCUT2D eigenvalue weighted by molar-refractivity contribution is -0.177. The van der Waals surface area contributed by atoms with Gasteiger partial charge < -0.3 is 14.6 Å². The summed E-state index contributed by atoms with van der Waals surface area (Å²) in [4.78, 5) is 49.5. The van der Waals surface area contributed by atoms with Crippen LogP contribution in [0.4, 0.5) is 0 Å². The van der Waals surface area contributed by atoms with Gasteiger partial charge >= 0.3 is 17.6 Å². The fraction of sp³-hybridized carbons (Fsp3) is 0.600. The predicted molar refractivity (Wildman–Crippen MR) is 81.5 cm³/mol. The highest BCUT2D eigenvalue weighted by atomic mass is 16.6. The fourth-order valence-electron chi connectivity index (χ4n) is 3.03. The molecule has 1 fully saturated rings. The Bertz CT molecular complexity index is 768. The highest BCUT2D eigenvalue weighted by Crippen LogP contribution is 2.48. The number of nitrogens with zero attached hydrogens (tertiary/aromatic N) is 1. The number of aromatic nitrogens is 2. The minimum atomic E-state index is -1.57. The molecule has 3 atom stereocenters. The summed E-state index contributed by atoms with van der Waals surface area (Å²) in [7, 11) is 0. The molecule has 2 heterocycles. The molecule has 0 aromatic carbocycles. The summed E-state index contributed by atoms with van der Waals surface area (Å²) in [5.74, 6) is -2.02. The molecule has 132 valence electrons. The minimum absolute atomic E-state index is 0.0755. The van der Waals surface area contributed by atoms with Crippen molar-refractivity contribution < 1.29 is 24.2 Å². The molecule has 2 N–H and O–H groups in total. The molecule has 0 amide bonds. The zero-order valence-corrected chi connectivity index (χ0v) is 13.7. The van der Waals surface area contributed by atoms with Crippen LogP contribution in [-0.2, 0) is 24.8 Å². The molecule has 1 aromatic heterocycles. The van der Waals surface area contributed by atoms with E-state index in [2.05, 4.69) is 4.98 Å². The molecule has 9 nitrogen and oxygen atoms in total. The van der Waals surface area contributed by atoms with Gasteiger partial charge in [-0.15, -0.1) is 0 Å². The van der Waals surface area contributed by atoms with Crippen molar-refractivity contribution in [3.63, 3.8) is 0 Å². The largest absolute Gasteiger partial charge is 0.481 e. The summed E-state index contributed by atoms with van der Waals surface area (Å²) in [5.41, 5.74) is -4.26.